The number of carbonyl (C=O) groups excluding carboxylic acids is 2. The number of hydrogen-bond acceptors (Lipinski definition) is 5. The fourth-order valence-corrected chi connectivity index (χ4v) is 4.52. The third-order valence-electron chi connectivity index (χ3n) is 6.64. The third kappa shape index (κ3) is 4.57. The van der Waals surface area contributed by atoms with Crippen molar-refractivity contribution in [1.82, 2.24) is 10.3 Å². The minimum Gasteiger partial charge on any atom is -0.488 e. The van der Waals surface area contributed by atoms with Gasteiger partial charge in [0.05, 0.1) is 17.7 Å². The molecule has 38 heavy (non-hydrogen) atoms. The number of amides is 2. The molecule has 2 aromatic heterocycles. The Morgan fingerprint density at radius 3 is 2.42 bits per heavy atom. The normalized spacial score (nSPS) is 14.1. The molecular formula is C28H24F3N3O4. The first-order valence-electron chi connectivity index (χ1n) is 12.1. The van der Waals surface area contributed by atoms with Crippen molar-refractivity contribution in [1.29, 1.82) is 0 Å². The number of hydrogen-bond donors (Lipinski definition) is 2. The van der Waals surface area contributed by atoms with E-state index in [-0.39, 0.29) is 12.4 Å². The molecule has 2 heterocycles. The predicted molar refractivity (Wildman–Crippen MR) is 134 cm³/mol. The van der Waals surface area contributed by atoms with Crippen molar-refractivity contribution in [2.24, 2.45) is 0 Å². The molecule has 1 saturated carbocycles. The largest absolute Gasteiger partial charge is 0.488 e. The molecule has 4 aromatic rings. The van der Waals surface area contributed by atoms with Crippen LogP contribution in [0.1, 0.15) is 58.4 Å². The lowest BCUT2D eigenvalue weighted by atomic mass is 9.71. The lowest BCUT2D eigenvalue weighted by molar-refractivity contribution is 0.0817. The summed E-state index contributed by atoms with van der Waals surface area (Å²) in [6.45, 7) is 3.24. The molecule has 0 spiro atoms. The van der Waals surface area contributed by atoms with Gasteiger partial charge in [0.15, 0.2) is 28.7 Å². The van der Waals surface area contributed by atoms with E-state index in [1.807, 2.05) is 6.92 Å². The minimum absolute atomic E-state index is 0.0991. The van der Waals surface area contributed by atoms with Gasteiger partial charge in [0, 0.05) is 17.4 Å². The molecule has 0 unspecified atom stereocenters. The molecule has 0 atom stereocenters. The maximum absolute atomic E-state index is 14.8. The molecule has 0 saturated heterocycles. The number of pyridine rings is 1. The van der Waals surface area contributed by atoms with Crippen LogP contribution in [0.3, 0.4) is 0 Å². The Kier molecular flexibility index (Phi) is 6.56. The molecule has 0 aliphatic heterocycles. The monoisotopic (exact) mass is 523 g/mol. The zero-order valence-corrected chi connectivity index (χ0v) is 20.7. The zero-order chi connectivity index (χ0) is 27.0. The molecule has 2 amide bonds. The third-order valence-corrected chi connectivity index (χ3v) is 6.64. The smallest absolute Gasteiger partial charge is 0.291 e. The highest BCUT2D eigenvalue weighted by molar-refractivity contribution is 6.04. The molecular weight excluding hydrogens is 499 g/mol. The lowest BCUT2D eigenvalue weighted by Gasteiger charge is -2.43. The molecule has 2 N–H and O–H groups in total. The summed E-state index contributed by atoms with van der Waals surface area (Å²) in [4.78, 5) is 30.0. The quantitative estimate of drug-likeness (QED) is 0.289. The van der Waals surface area contributed by atoms with Crippen LogP contribution < -0.4 is 15.4 Å². The molecule has 196 valence electrons. The van der Waals surface area contributed by atoms with Crippen LogP contribution in [0.15, 0.2) is 52.9 Å². The van der Waals surface area contributed by atoms with Crippen LogP contribution in [-0.4, -0.2) is 23.4 Å². The van der Waals surface area contributed by atoms with Crippen LogP contribution in [0.5, 0.6) is 5.75 Å². The van der Waals surface area contributed by atoms with Gasteiger partial charge < -0.3 is 19.8 Å². The Morgan fingerprint density at radius 1 is 1.03 bits per heavy atom. The van der Waals surface area contributed by atoms with Crippen molar-refractivity contribution >= 4 is 28.6 Å². The molecule has 1 fully saturated rings. The van der Waals surface area contributed by atoms with Gasteiger partial charge in [-0.1, -0.05) is 12.1 Å². The van der Waals surface area contributed by atoms with E-state index in [1.165, 1.54) is 6.92 Å². The van der Waals surface area contributed by atoms with Crippen LogP contribution in [0.2, 0.25) is 0 Å². The molecule has 10 heteroatoms. The molecule has 1 aliphatic rings. The van der Waals surface area contributed by atoms with Crippen molar-refractivity contribution in [3.63, 3.8) is 0 Å². The lowest BCUT2D eigenvalue weighted by Crippen LogP contribution is -2.51. The number of ether oxygens (including phenoxy) is 1. The van der Waals surface area contributed by atoms with Crippen molar-refractivity contribution in [2.75, 3.05) is 11.9 Å². The summed E-state index contributed by atoms with van der Waals surface area (Å²) >= 11 is 0. The van der Waals surface area contributed by atoms with Gasteiger partial charge in [0.1, 0.15) is 5.52 Å². The van der Waals surface area contributed by atoms with Gasteiger partial charge in [-0.25, -0.2) is 13.8 Å². The summed E-state index contributed by atoms with van der Waals surface area (Å²) in [6.07, 6.45) is 1.95. The first kappa shape index (κ1) is 25.3. The average Bonchev–Trinajstić information content (AvgIpc) is 3.30. The zero-order valence-electron chi connectivity index (χ0n) is 20.7. The van der Waals surface area contributed by atoms with E-state index >= 15 is 0 Å². The molecule has 0 bridgehead atoms. The number of nitrogens with one attached hydrogen (secondary N) is 2. The summed E-state index contributed by atoms with van der Waals surface area (Å²) in [6, 6.07) is 12.5. The van der Waals surface area contributed by atoms with Gasteiger partial charge >= 0.3 is 0 Å². The maximum Gasteiger partial charge on any atom is 0.291 e. The number of aryl methyl sites for hydroxylation is 1. The Morgan fingerprint density at radius 2 is 1.76 bits per heavy atom. The van der Waals surface area contributed by atoms with E-state index in [2.05, 4.69) is 15.6 Å². The Hall–Kier alpha value is -4.34. The number of halogens is 3. The second-order valence-electron chi connectivity index (χ2n) is 9.16. The van der Waals surface area contributed by atoms with Crippen molar-refractivity contribution in [3.8, 4) is 5.75 Å². The Bertz CT molecular complexity index is 1550. The highest BCUT2D eigenvalue weighted by Crippen LogP contribution is 2.42. The molecule has 1 aliphatic carbocycles. The summed E-state index contributed by atoms with van der Waals surface area (Å²) in [7, 11) is 0. The van der Waals surface area contributed by atoms with Gasteiger partial charge in [-0.15, -0.1) is 0 Å². The molecule has 2 aromatic carbocycles. The van der Waals surface area contributed by atoms with Crippen molar-refractivity contribution < 1.29 is 31.9 Å². The number of benzene rings is 2. The van der Waals surface area contributed by atoms with E-state index in [9.17, 15) is 22.8 Å². The number of furan rings is 1. The number of carbonyl (C=O) groups is 2. The van der Waals surface area contributed by atoms with E-state index in [4.69, 9.17) is 9.15 Å². The number of anilines is 1. The Balaban J connectivity index is 1.33. The van der Waals surface area contributed by atoms with Gasteiger partial charge in [0.25, 0.3) is 11.8 Å². The SMILES string of the molecule is CCOc1c(F)c(F)cc(C(=O)NC2(c3ccc(NC(=O)c4cc5nc(C)ccc5o4)cc3)CCC2)c1F. The summed E-state index contributed by atoms with van der Waals surface area (Å²) in [5.74, 6) is -6.25. The van der Waals surface area contributed by atoms with E-state index in [1.54, 1.807) is 42.5 Å². The fourth-order valence-electron chi connectivity index (χ4n) is 4.52. The van der Waals surface area contributed by atoms with Crippen LogP contribution >= 0.6 is 0 Å². The standard InChI is InChI=1S/C28H24F3N3O4/c1-3-37-25-23(30)18(13-19(29)24(25)31)26(35)34-28(11-4-12-28)16-6-8-17(9-7-16)33-27(36)22-14-20-21(38-22)10-5-15(2)32-20/h5-10,13-14H,3-4,11-12H2,1-2H3,(H,33,36)(H,34,35). The summed E-state index contributed by atoms with van der Waals surface area (Å²) in [5.41, 5.74) is 1.66. The first-order valence-corrected chi connectivity index (χ1v) is 12.1. The second-order valence-corrected chi connectivity index (χ2v) is 9.16. The van der Waals surface area contributed by atoms with Gasteiger partial charge in [-0.2, -0.15) is 4.39 Å². The van der Waals surface area contributed by atoms with Crippen molar-refractivity contribution in [3.05, 3.63) is 88.6 Å². The van der Waals surface area contributed by atoms with Crippen LogP contribution in [-0.2, 0) is 5.54 Å². The van der Waals surface area contributed by atoms with Crippen LogP contribution in [0, 0.1) is 24.4 Å². The molecule has 0 radical (unpaired) electrons. The van der Waals surface area contributed by atoms with E-state index < -0.39 is 46.1 Å². The predicted octanol–water partition coefficient (Wildman–Crippen LogP) is 6.01. The van der Waals surface area contributed by atoms with Gasteiger partial charge in [-0.3, -0.25) is 9.59 Å². The average molecular weight is 524 g/mol. The van der Waals surface area contributed by atoms with E-state index in [0.29, 0.717) is 35.7 Å². The number of aromatic nitrogens is 1. The second kappa shape index (κ2) is 9.85. The van der Waals surface area contributed by atoms with Crippen molar-refractivity contribution in [2.45, 2.75) is 38.6 Å². The minimum atomic E-state index is -1.48. The topological polar surface area (TPSA) is 93.5 Å². The summed E-state index contributed by atoms with van der Waals surface area (Å²) < 4.78 is 53.3. The van der Waals surface area contributed by atoms with Gasteiger partial charge in [0.2, 0.25) is 5.82 Å². The van der Waals surface area contributed by atoms with Crippen LogP contribution in [0.25, 0.3) is 11.1 Å². The number of rotatable bonds is 7. The first-order chi connectivity index (χ1) is 18.2. The number of nitrogens with zero attached hydrogens (tertiary/aromatic N) is 1. The molecule has 5 rings (SSSR count). The van der Waals surface area contributed by atoms with Crippen LogP contribution in [0.4, 0.5) is 18.9 Å². The van der Waals surface area contributed by atoms with Gasteiger partial charge in [-0.05, 0) is 69.0 Å². The summed E-state index contributed by atoms with van der Waals surface area (Å²) in [5, 5.41) is 5.56. The highest BCUT2D eigenvalue weighted by Gasteiger charge is 2.41. The maximum atomic E-state index is 14.8. The fraction of sp³-hybridized carbons (Fsp3) is 0.250. The van der Waals surface area contributed by atoms with E-state index in [0.717, 1.165) is 17.7 Å². The highest BCUT2D eigenvalue weighted by atomic mass is 19.2. The Labute approximate surface area is 216 Å². The number of fused-ring (bicyclic) bond motifs is 1. The molecule has 7 nitrogen and oxygen atoms in total.